The Morgan fingerprint density at radius 3 is 0.259 bits per heavy atom. The predicted molar refractivity (Wildman–Crippen MR) is 85.6 cm³/mol. The van der Waals surface area contributed by atoms with Gasteiger partial charge in [-0.3, -0.25) is 0 Å². The van der Waals surface area contributed by atoms with Crippen LogP contribution in [0.1, 0.15) is 0 Å². The van der Waals surface area contributed by atoms with Crippen molar-refractivity contribution in [2.24, 2.45) is 0 Å². The van der Waals surface area contributed by atoms with Crippen LogP contribution in [0.3, 0.4) is 0 Å². The summed E-state index contributed by atoms with van der Waals surface area (Å²) in [7, 11) is -23.2. The standard InChI is InChI=1S/2K.5H3O4P.2H/c;;5*1-5(2,3)4;;/h;;5*(H3,1,2,3,4);;. The molecule has 0 fully saturated rings. The van der Waals surface area contributed by atoms with Crippen molar-refractivity contribution in [1.29, 1.82) is 0 Å². The van der Waals surface area contributed by atoms with Crippen molar-refractivity contribution in [3.05, 3.63) is 0 Å². The van der Waals surface area contributed by atoms with Gasteiger partial charge in [0.25, 0.3) is 0 Å². The molecule has 0 atom stereocenters. The van der Waals surface area contributed by atoms with E-state index in [-0.39, 0.29) is 103 Å². The summed E-state index contributed by atoms with van der Waals surface area (Å²) in [5.41, 5.74) is 0. The molecule has 0 aliphatic carbocycles. The SMILES string of the molecule is O=P(O)(O)O.O=P(O)(O)O.O=P(O)(O)O.O=P(O)(O)O.O=P(O)(O)O.[KH].[KH]. The summed E-state index contributed by atoms with van der Waals surface area (Å²) in [5.74, 6) is 0. The van der Waals surface area contributed by atoms with Crippen LogP contribution in [0.2, 0.25) is 0 Å². The van der Waals surface area contributed by atoms with E-state index in [4.69, 9.17) is 96.2 Å². The molecule has 27 heteroatoms. The second-order valence-electron chi connectivity index (χ2n) is 2.57. The van der Waals surface area contributed by atoms with Crippen LogP contribution in [0.5, 0.6) is 0 Å². The fourth-order valence-corrected chi connectivity index (χ4v) is 0. The van der Waals surface area contributed by atoms with Gasteiger partial charge in [-0.1, -0.05) is 0 Å². The van der Waals surface area contributed by atoms with Gasteiger partial charge in [0.15, 0.2) is 0 Å². The zero-order chi connectivity index (χ0) is 22.5. The Hall–Kier alpha value is 3.82. The first-order chi connectivity index (χ1) is 10.0. The van der Waals surface area contributed by atoms with Gasteiger partial charge < -0.3 is 73.4 Å². The van der Waals surface area contributed by atoms with Crippen LogP contribution in [0.25, 0.3) is 0 Å². The molecule has 0 rings (SSSR count). The zero-order valence-corrected chi connectivity index (χ0v) is 15.5. The molecule has 0 amide bonds. The van der Waals surface area contributed by atoms with Gasteiger partial charge in [0.2, 0.25) is 0 Å². The third-order valence-corrected chi connectivity index (χ3v) is 0. The molecule has 0 spiro atoms. The Balaban J connectivity index is -0.0000000364. The molecule has 15 N–H and O–H groups in total. The van der Waals surface area contributed by atoms with Crippen LogP contribution in [0, 0.1) is 0 Å². The van der Waals surface area contributed by atoms with Gasteiger partial charge in [-0.05, 0) is 0 Å². The molecule has 20 nitrogen and oxygen atoms in total. The average Bonchev–Trinajstić information content (AvgIpc) is 1.79. The maximum absolute atomic E-state index is 8.88. The molecule has 0 bridgehead atoms. The van der Waals surface area contributed by atoms with Gasteiger partial charge in [0.05, 0.1) is 0 Å². The summed E-state index contributed by atoms with van der Waals surface area (Å²) in [4.78, 5) is 108. The first kappa shape index (κ1) is 48.3. The van der Waals surface area contributed by atoms with E-state index in [1.54, 1.807) is 0 Å². The van der Waals surface area contributed by atoms with E-state index in [0.29, 0.717) is 0 Å². The summed E-state index contributed by atoms with van der Waals surface area (Å²) >= 11 is 0. The summed E-state index contributed by atoms with van der Waals surface area (Å²) in [6.07, 6.45) is 0. The molecule has 0 saturated carbocycles. The monoisotopic (exact) mass is 570 g/mol. The van der Waals surface area contributed by atoms with Crippen molar-refractivity contribution in [2.75, 3.05) is 0 Å². The number of rotatable bonds is 0. The maximum atomic E-state index is 8.88. The van der Waals surface area contributed by atoms with Gasteiger partial charge >= 0.3 is 142 Å². The second kappa shape index (κ2) is 21.7. The molecule has 0 saturated heterocycles. The van der Waals surface area contributed by atoms with Crippen LogP contribution >= 0.6 is 39.1 Å². The zero-order valence-electron chi connectivity index (χ0n) is 11.0. The van der Waals surface area contributed by atoms with Crippen LogP contribution in [0.4, 0.5) is 0 Å². The van der Waals surface area contributed by atoms with Crippen molar-refractivity contribution < 1.29 is 96.2 Å². The Morgan fingerprint density at radius 2 is 0.259 bits per heavy atom. The van der Waals surface area contributed by atoms with Gasteiger partial charge in [-0.25, -0.2) is 22.8 Å². The second-order valence-corrected chi connectivity index (χ2v) is 7.70. The van der Waals surface area contributed by atoms with Gasteiger partial charge in [0, 0.05) is 0 Å². The summed E-state index contributed by atoms with van der Waals surface area (Å²) in [6.45, 7) is 0. The van der Waals surface area contributed by atoms with Crippen LogP contribution in [-0.4, -0.2) is 176 Å². The van der Waals surface area contributed by atoms with Crippen molar-refractivity contribution >= 4 is 142 Å². The number of phosphoric acid groups is 5. The molecule has 0 unspecified atom stereocenters. The van der Waals surface area contributed by atoms with Crippen LogP contribution in [-0.2, 0) is 22.8 Å². The van der Waals surface area contributed by atoms with E-state index in [1.807, 2.05) is 0 Å². The van der Waals surface area contributed by atoms with E-state index in [1.165, 1.54) is 0 Å². The molecule has 0 aliphatic heterocycles. The van der Waals surface area contributed by atoms with E-state index in [9.17, 15) is 0 Å². The van der Waals surface area contributed by atoms with Crippen molar-refractivity contribution in [2.45, 2.75) is 0 Å². The molecule has 164 valence electrons. The average molecular weight is 570 g/mol. The molecule has 0 aromatic rings. The Morgan fingerprint density at radius 1 is 0.259 bits per heavy atom. The van der Waals surface area contributed by atoms with Gasteiger partial charge in [-0.15, -0.1) is 0 Å². The van der Waals surface area contributed by atoms with E-state index < -0.39 is 39.1 Å². The van der Waals surface area contributed by atoms with Gasteiger partial charge in [-0.2, -0.15) is 0 Å². The number of hydrogen-bond donors (Lipinski definition) is 15. The normalized spacial score (nSPS) is 10.9. The van der Waals surface area contributed by atoms with E-state index in [2.05, 4.69) is 0 Å². The van der Waals surface area contributed by atoms with Crippen molar-refractivity contribution in [1.82, 2.24) is 0 Å². The predicted octanol–water partition coefficient (Wildman–Crippen LogP) is -5.94. The molecule has 0 aromatic heterocycles. The fourth-order valence-electron chi connectivity index (χ4n) is 0. The third-order valence-electron chi connectivity index (χ3n) is 0. The van der Waals surface area contributed by atoms with Crippen molar-refractivity contribution in [3.63, 3.8) is 0 Å². The Kier molecular flexibility index (Phi) is 38.7. The molecule has 0 heterocycles. The fraction of sp³-hybridized carbons (Fsp3) is 0. The minimum absolute atomic E-state index is 0. The molecule has 0 aromatic carbocycles. The molecule has 27 heavy (non-hydrogen) atoms. The summed E-state index contributed by atoms with van der Waals surface area (Å²) in [6, 6.07) is 0. The number of hydrogen-bond acceptors (Lipinski definition) is 5. The Bertz CT molecular complexity index is 375. The van der Waals surface area contributed by atoms with E-state index >= 15 is 0 Å². The topological polar surface area (TPSA) is 389 Å². The summed E-state index contributed by atoms with van der Waals surface area (Å²) < 4.78 is 44.4. The summed E-state index contributed by atoms with van der Waals surface area (Å²) in [5, 5.41) is 0. The Labute approximate surface area is 234 Å². The van der Waals surface area contributed by atoms with Crippen molar-refractivity contribution in [3.8, 4) is 0 Å². The minimum atomic E-state index is -4.64. The quantitative estimate of drug-likeness (QED) is 0.0951. The van der Waals surface area contributed by atoms with E-state index in [0.717, 1.165) is 0 Å². The third kappa shape index (κ3) is 1580. The molecular weight excluding hydrogens is 553 g/mol. The first-order valence-electron chi connectivity index (χ1n) is 3.91. The van der Waals surface area contributed by atoms with Crippen LogP contribution < -0.4 is 0 Å². The first-order valence-corrected chi connectivity index (χ1v) is 11.7. The molecule has 0 radical (unpaired) electrons. The molecular formula is H17K2O20P5. The van der Waals surface area contributed by atoms with Gasteiger partial charge in [0.1, 0.15) is 0 Å². The molecule has 0 aliphatic rings. The van der Waals surface area contributed by atoms with Crippen LogP contribution in [0.15, 0.2) is 0 Å².